The van der Waals surface area contributed by atoms with E-state index in [1.807, 2.05) is 0 Å². The third-order valence-electron chi connectivity index (χ3n) is 1.64. The third-order valence-corrected chi connectivity index (χ3v) is 1.64. The Morgan fingerprint density at radius 2 is 2.38 bits per heavy atom. The molecule has 0 N–H and O–H groups in total. The molecule has 1 heterocycles. The SMILES string of the molecule is CCCCOc1ccc(C=O)cn1. The van der Waals surface area contributed by atoms with E-state index < -0.39 is 0 Å². The molecule has 70 valence electrons. The van der Waals surface area contributed by atoms with E-state index in [9.17, 15) is 4.79 Å². The number of aldehydes is 1. The molecule has 0 aromatic carbocycles. The number of hydrogen-bond acceptors (Lipinski definition) is 3. The molecule has 0 amide bonds. The first-order valence-electron chi connectivity index (χ1n) is 4.41. The summed E-state index contributed by atoms with van der Waals surface area (Å²) in [6, 6.07) is 3.40. The summed E-state index contributed by atoms with van der Waals surface area (Å²) in [6.07, 6.45) is 4.40. The summed E-state index contributed by atoms with van der Waals surface area (Å²) < 4.78 is 5.32. The molecule has 3 heteroatoms. The first kappa shape index (κ1) is 9.71. The highest BCUT2D eigenvalue weighted by atomic mass is 16.5. The topological polar surface area (TPSA) is 39.2 Å². The lowest BCUT2D eigenvalue weighted by Gasteiger charge is -2.02. The lowest BCUT2D eigenvalue weighted by Crippen LogP contribution is -1.98. The second kappa shape index (κ2) is 5.30. The van der Waals surface area contributed by atoms with Gasteiger partial charge in [-0.25, -0.2) is 4.98 Å². The number of nitrogens with zero attached hydrogens (tertiary/aromatic N) is 1. The van der Waals surface area contributed by atoms with Gasteiger partial charge < -0.3 is 4.74 Å². The van der Waals surface area contributed by atoms with Gasteiger partial charge in [0.05, 0.1) is 6.61 Å². The van der Waals surface area contributed by atoms with Crippen LogP contribution in [-0.2, 0) is 0 Å². The highest BCUT2D eigenvalue weighted by Gasteiger charge is 1.94. The Balaban J connectivity index is 2.44. The van der Waals surface area contributed by atoms with Crippen LogP contribution in [0.25, 0.3) is 0 Å². The fraction of sp³-hybridized carbons (Fsp3) is 0.400. The number of unbranched alkanes of at least 4 members (excludes halogenated alkanes) is 1. The summed E-state index contributed by atoms with van der Waals surface area (Å²) in [5, 5.41) is 0. The average molecular weight is 179 g/mol. The molecule has 1 rings (SSSR count). The Labute approximate surface area is 77.8 Å². The minimum absolute atomic E-state index is 0.572. The number of pyridine rings is 1. The molecule has 0 aliphatic heterocycles. The van der Waals surface area contributed by atoms with Crippen molar-refractivity contribution >= 4 is 6.29 Å². The molecule has 0 radical (unpaired) electrons. The van der Waals surface area contributed by atoms with E-state index in [1.165, 1.54) is 6.20 Å². The monoisotopic (exact) mass is 179 g/mol. The fourth-order valence-corrected chi connectivity index (χ4v) is 0.868. The molecule has 0 bridgehead atoms. The molecular weight excluding hydrogens is 166 g/mol. The minimum atomic E-state index is 0.572. The van der Waals surface area contributed by atoms with Crippen molar-refractivity contribution in [3.63, 3.8) is 0 Å². The van der Waals surface area contributed by atoms with Gasteiger partial charge >= 0.3 is 0 Å². The molecule has 1 aromatic rings. The second-order valence-corrected chi connectivity index (χ2v) is 2.75. The Hall–Kier alpha value is -1.38. The van der Waals surface area contributed by atoms with Gasteiger partial charge in [-0.05, 0) is 12.5 Å². The van der Waals surface area contributed by atoms with Crippen LogP contribution in [0.5, 0.6) is 5.88 Å². The van der Waals surface area contributed by atoms with Crippen LogP contribution < -0.4 is 4.74 Å². The van der Waals surface area contributed by atoms with Crippen LogP contribution in [0.3, 0.4) is 0 Å². The predicted octanol–water partition coefficient (Wildman–Crippen LogP) is 2.07. The van der Waals surface area contributed by atoms with Gasteiger partial charge in [-0.15, -0.1) is 0 Å². The highest BCUT2D eigenvalue weighted by molar-refractivity contribution is 5.73. The van der Waals surface area contributed by atoms with Gasteiger partial charge in [0.1, 0.15) is 0 Å². The summed E-state index contributed by atoms with van der Waals surface area (Å²) in [4.78, 5) is 14.3. The summed E-state index contributed by atoms with van der Waals surface area (Å²) >= 11 is 0. The number of carbonyl (C=O) groups excluding carboxylic acids is 1. The molecule has 0 aliphatic rings. The lowest BCUT2D eigenvalue weighted by atomic mass is 10.3. The Morgan fingerprint density at radius 1 is 1.54 bits per heavy atom. The van der Waals surface area contributed by atoms with E-state index in [2.05, 4.69) is 11.9 Å². The van der Waals surface area contributed by atoms with Crippen LogP contribution in [0.15, 0.2) is 18.3 Å². The van der Waals surface area contributed by atoms with E-state index in [1.54, 1.807) is 12.1 Å². The zero-order valence-electron chi connectivity index (χ0n) is 7.69. The predicted molar refractivity (Wildman–Crippen MR) is 50.0 cm³/mol. The van der Waals surface area contributed by atoms with Crippen molar-refractivity contribution in [1.29, 1.82) is 0 Å². The number of aromatic nitrogens is 1. The summed E-state index contributed by atoms with van der Waals surface area (Å²) in [5.74, 6) is 0.582. The quantitative estimate of drug-likeness (QED) is 0.513. The summed E-state index contributed by atoms with van der Waals surface area (Å²) in [5.41, 5.74) is 0.572. The van der Waals surface area contributed by atoms with E-state index in [-0.39, 0.29) is 0 Å². The van der Waals surface area contributed by atoms with Crippen LogP contribution in [0.1, 0.15) is 30.1 Å². The van der Waals surface area contributed by atoms with Crippen molar-refractivity contribution in [2.45, 2.75) is 19.8 Å². The van der Waals surface area contributed by atoms with E-state index >= 15 is 0 Å². The zero-order valence-corrected chi connectivity index (χ0v) is 7.69. The summed E-state index contributed by atoms with van der Waals surface area (Å²) in [6.45, 7) is 2.79. The average Bonchev–Trinajstić information content (AvgIpc) is 2.19. The van der Waals surface area contributed by atoms with Gasteiger partial charge in [0, 0.05) is 17.8 Å². The fourth-order valence-electron chi connectivity index (χ4n) is 0.868. The Bertz CT molecular complexity index is 256. The van der Waals surface area contributed by atoms with Crippen LogP contribution in [-0.4, -0.2) is 17.9 Å². The molecule has 1 aromatic heterocycles. The van der Waals surface area contributed by atoms with Crippen molar-refractivity contribution in [2.24, 2.45) is 0 Å². The highest BCUT2D eigenvalue weighted by Crippen LogP contribution is 2.06. The second-order valence-electron chi connectivity index (χ2n) is 2.75. The van der Waals surface area contributed by atoms with Gasteiger partial charge in [-0.3, -0.25) is 4.79 Å². The van der Waals surface area contributed by atoms with Gasteiger partial charge in [-0.2, -0.15) is 0 Å². The molecule has 0 unspecified atom stereocenters. The van der Waals surface area contributed by atoms with E-state index in [0.717, 1.165) is 19.1 Å². The van der Waals surface area contributed by atoms with Gasteiger partial charge in [-0.1, -0.05) is 13.3 Å². The molecular formula is C10H13NO2. The Morgan fingerprint density at radius 3 is 2.92 bits per heavy atom. The maximum Gasteiger partial charge on any atom is 0.213 e. The minimum Gasteiger partial charge on any atom is -0.478 e. The number of hydrogen-bond donors (Lipinski definition) is 0. The molecule has 0 saturated carbocycles. The standard InChI is InChI=1S/C10H13NO2/c1-2-3-6-13-10-5-4-9(8-12)7-11-10/h4-5,7-8H,2-3,6H2,1H3. The van der Waals surface area contributed by atoms with Crippen LogP contribution in [0.2, 0.25) is 0 Å². The van der Waals surface area contributed by atoms with E-state index in [4.69, 9.17) is 4.74 Å². The zero-order chi connectivity index (χ0) is 9.52. The number of ether oxygens (including phenoxy) is 1. The van der Waals surface area contributed by atoms with Gasteiger partial charge in [0.2, 0.25) is 5.88 Å². The van der Waals surface area contributed by atoms with Crippen molar-refractivity contribution in [3.8, 4) is 5.88 Å². The first-order chi connectivity index (χ1) is 6.36. The molecule has 0 spiro atoms. The molecule has 13 heavy (non-hydrogen) atoms. The molecule has 3 nitrogen and oxygen atoms in total. The maximum absolute atomic E-state index is 10.3. The molecule has 0 saturated heterocycles. The van der Waals surface area contributed by atoms with Crippen LogP contribution in [0.4, 0.5) is 0 Å². The van der Waals surface area contributed by atoms with Crippen molar-refractivity contribution in [3.05, 3.63) is 23.9 Å². The first-order valence-corrected chi connectivity index (χ1v) is 4.41. The van der Waals surface area contributed by atoms with Gasteiger partial charge in [0.25, 0.3) is 0 Å². The molecule has 0 aliphatic carbocycles. The Kier molecular flexibility index (Phi) is 3.96. The number of rotatable bonds is 5. The third kappa shape index (κ3) is 3.23. The van der Waals surface area contributed by atoms with E-state index in [0.29, 0.717) is 18.1 Å². The molecule has 0 fully saturated rings. The smallest absolute Gasteiger partial charge is 0.213 e. The van der Waals surface area contributed by atoms with Crippen molar-refractivity contribution in [1.82, 2.24) is 4.98 Å². The van der Waals surface area contributed by atoms with Crippen molar-refractivity contribution < 1.29 is 9.53 Å². The number of carbonyl (C=O) groups is 1. The largest absolute Gasteiger partial charge is 0.478 e. The van der Waals surface area contributed by atoms with Crippen LogP contribution >= 0.6 is 0 Å². The summed E-state index contributed by atoms with van der Waals surface area (Å²) in [7, 11) is 0. The normalized spacial score (nSPS) is 9.62. The lowest BCUT2D eigenvalue weighted by molar-refractivity contribution is 0.112. The van der Waals surface area contributed by atoms with Crippen LogP contribution in [0, 0.1) is 0 Å². The van der Waals surface area contributed by atoms with Crippen molar-refractivity contribution in [2.75, 3.05) is 6.61 Å². The van der Waals surface area contributed by atoms with Gasteiger partial charge in [0.15, 0.2) is 6.29 Å². The maximum atomic E-state index is 10.3. The molecule has 0 atom stereocenters.